The normalized spacial score (nSPS) is 12.3. The highest BCUT2D eigenvalue weighted by molar-refractivity contribution is 5.85. The fourth-order valence-corrected chi connectivity index (χ4v) is 4.50. The molecule has 8 heteroatoms. The summed E-state index contributed by atoms with van der Waals surface area (Å²) in [5, 5.41) is 8.58. The van der Waals surface area contributed by atoms with Crippen molar-refractivity contribution in [2.75, 3.05) is 6.79 Å². The Morgan fingerprint density at radius 3 is 2.65 bits per heavy atom. The van der Waals surface area contributed by atoms with Crippen LogP contribution >= 0.6 is 0 Å². The maximum absolute atomic E-state index is 13.3. The van der Waals surface area contributed by atoms with E-state index in [4.69, 9.17) is 14.6 Å². The molecule has 0 bridgehead atoms. The molecule has 2 aromatic heterocycles. The number of aryl methyl sites for hydroxylation is 3. The van der Waals surface area contributed by atoms with E-state index in [0.717, 1.165) is 33.5 Å². The van der Waals surface area contributed by atoms with Crippen molar-refractivity contribution in [3.8, 4) is 17.2 Å². The number of rotatable bonds is 6. The smallest absolute Gasteiger partial charge is 0.255 e. The molecule has 0 radical (unpaired) electrons. The van der Waals surface area contributed by atoms with Crippen molar-refractivity contribution in [2.45, 2.75) is 33.2 Å². The van der Waals surface area contributed by atoms with Crippen LogP contribution in [0.2, 0.25) is 0 Å². The van der Waals surface area contributed by atoms with Crippen LogP contribution in [0.25, 0.3) is 16.7 Å². The lowest BCUT2D eigenvalue weighted by Crippen LogP contribution is -2.27. The lowest BCUT2D eigenvalue weighted by atomic mass is 10.0. The second-order valence-corrected chi connectivity index (χ2v) is 8.46. The first kappa shape index (κ1) is 21.8. The molecule has 1 amide bonds. The van der Waals surface area contributed by atoms with Gasteiger partial charge < -0.3 is 14.8 Å². The summed E-state index contributed by atoms with van der Waals surface area (Å²) in [4.78, 5) is 25.8. The van der Waals surface area contributed by atoms with Crippen molar-refractivity contribution < 1.29 is 14.3 Å². The standard InChI is InChI=1S/C26H26N4O4/c1-16-20(10-12-23(31)27-14-18-9-11-21-22(13-18)34-15-33-21)26(32)29(3)25-24(16)17(2)28-30(25)19-7-5-4-6-8-19/h4-9,11,13H,10,12,14-15H2,1-3H3,(H,27,31). The van der Waals surface area contributed by atoms with Crippen molar-refractivity contribution in [3.05, 3.63) is 81.3 Å². The molecule has 0 fully saturated rings. The summed E-state index contributed by atoms with van der Waals surface area (Å²) in [5.74, 6) is 1.28. The average molecular weight is 459 g/mol. The number of nitrogens with zero attached hydrogens (tertiary/aromatic N) is 3. The number of nitrogens with one attached hydrogen (secondary N) is 1. The van der Waals surface area contributed by atoms with E-state index in [0.29, 0.717) is 30.0 Å². The number of carbonyl (C=O) groups excluding carboxylic acids is 1. The molecule has 0 aliphatic carbocycles. The third-order valence-corrected chi connectivity index (χ3v) is 6.27. The molecule has 1 N–H and O–H groups in total. The van der Waals surface area contributed by atoms with Gasteiger partial charge in [0, 0.05) is 31.0 Å². The summed E-state index contributed by atoms with van der Waals surface area (Å²) in [7, 11) is 1.76. The first-order valence-corrected chi connectivity index (χ1v) is 11.2. The number of hydrogen-bond acceptors (Lipinski definition) is 5. The number of para-hydroxylation sites is 1. The predicted octanol–water partition coefficient (Wildman–Crippen LogP) is 3.32. The van der Waals surface area contributed by atoms with Gasteiger partial charge in [-0.25, -0.2) is 4.68 Å². The maximum atomic E-state index is 13.3. The molecule has 0 saturated carbocycles. The summed E-state index contributed by atoms with van der Waals surface area (Å²) < 4.78 is 14.1. The van der Waals surface area contributed by atoms with Crippen molar-refractivity contribution >= 4 is 16.9 Å². The van der Waals surface area contributed by atoms with Crippen LogP contribution in [0.1, 0.15) is 28.8 Å². The highest BCUT2D eigenvalue weighted by atomic mass is 16.7. The number of amides is 1. The lowest BCUT2D eigenvalue weighted by Gasteiger charge is -2.13. The van der Waals surface area contributed by atoms with Gasteiger partial charge in [-0.1, -0.05) is 24.3 Å². The fraction of sp³-hybridized carbons (Fsp3) is 0.269. The summed E-state index contributed by atoms with van der Waals surface area (Å²) in [6.07, 6.45) is 0.579. The van der Waals surface area contributed by atoms with E-state index >= 15 is 0 Å². The number of aromatic nitrogens is 3. The van der Waals surface area contributed by atoms with Gasteiger partial charge in [0.2, 0.25) is 12.7 Å². The molecule has 34 heavy (non-hydrogen) atoms. The zero-order valence-electron chi connectivity index (χ0n) is 19.4. The van der Waals surface area contributed by atoms with Crippen LogP contribution in [0.4, 0.5) is 0 Å². The Morgan fingerprint density at radius 1 is 1.09 bits per heavy atom. The quantitative estimate of drug-likeness (QED) is 0.479. The molecular weight excluding hydrogens is 432 g/mol. The molecule has 8 nitrogen and oxygen atoms in total. The van der Waals surface area contributed by atoms with Crippen molar-refractivity contribution in [1.29, 1.82) is 0 Å². The topological polar surface area (TPSA) is 87.4 Å². The van der Waals surface area contributed by atoms with Crippen LogP contribution in [-0.2, 0) is 24.8 Å². The number of benzene rings is 2. The zero-order chi connectivity index (χ0) is 23.8. The minimum atomic E-state index is -0.115. The number of fused-ring (bicyclic) bond motifs is 2. The summed E-state index contributed by atoms with van der Waals surface area (Å²) >= 11 is 0. The van der Waals surface area contributed by atoms with Gasteiger partial charge in [0.25, 0.3) is 5.56 Å². The monoisotopic (exact) mass is 458 g/mol. The van der Waals surface area contributed by atoms with E-state index in [-0.39, 0.29) is 24.7 Å². The number of pyridine rings is 1. The molecule has 174 valence electrons. The molecule has 0 spiro atoms. The molecule has 0 saturated heterocycles. The van der Waals surface area contributed by atoms with Crippen LogP contribution < -0.4 is 20.3 Å². The van der Waals surface area contributed by atoms with Gasteiger partial charge in [-0.15, -0.1) is 0 Å². The van der Waals surface area contributed by atoms with Gasteiger partial charge in [-0.05, 0) is 55.7 Å². The SMILES string of the molecule is Cc1nn(-c2ccccc2)c2c1c(C)c(CCC(=O)NCc1ccc3c(c1)OCO3)c(=O)n2C. The van der Waals surface area contributed by atoms with E-state index in [2.05, 4.69) is 5.32 Å². The highest BCUT2D eigenvalue weighted by Crippen LogP contribution is 2.32. The number of hydrogen-bond donors (Lipinski definition) is 1. The molecular formula is C26H26N4O4. The maximum Gasteiger partial charge on any atom is 0.255 e. The van der Waals surface area contributed by atoms with Crippen LogP contribution in [0.5, 0.6) is 11.5 Å². The minimum Gasteiger partial charge on any atom is -0.454 e. The molecule has 1 aliphatic rings. The van der Waals surface area contributed by atoms with Gasteiger partial charge >= 0.3 is 0 Å². The van der Waals surface area contributed by atoms with Gasteiger partial charge in [-0.3, -0.25) is 14.2 Å². The van der Waals surface area contributed by atoms with Crippen molar-refractivity contribution in [1.82, 2.24) is 19.7 Å². The van der Waals surface area contributed by atoms with E-state index in [1.54, 1.807) is 16.3 Å². The highest BCUT2D eigenvalue weighted by Gasteiger charge is 2.20. The molecule has 5 rings (SSSR count). The molecule has 0 atom stereocenters. The largest absolute Gasteiger partial charge is 0.454 e. The molecule has 4 aromatic rings. The molecule has 1 aliphatic heterocycles. The molecule has 0 unspecified atom stereocenters. The predicted molar refractivity (Wildman–Crippen MR) is 129 cm³/mol. The van der Waals surface area contributed by atoms with Gasteiger partial charge in [-0.2, -0.15) is 5.10 Å². The van der Waals surface area contributed by atoms with E-state index in [1.807, 2.05) is 62.4 Å². The zero-order valence-corrected chi connectivity index (χ0v) is 19.4. The van der Waals surface area contributed by atoms with E-state index in [9.17, 15) is 9.59 Å². The van der Waals surface area contributed by atoms with E-state index in [1.165, 1.54) is 0 Å². The van der Waals surface area contributed by atoms with Gasteiger partial charge in [0.05, 0.1) is 11.4 Å². The number of carbonyl (C=O) groups is 1. The van der Waals surface area contributed by atoms with Crippen molar-refractivity contribution in [2.24, 2.45) is 7.05 Å². The second kappa shape index (κ2) is 8.70. The average Bonchev–Trinajstić information content (AvgIpc) is 3.45. The first-order chi connectivity index (χ1) is 16.4. The van der Waals surface area contributed by atoms with Crippen molar-refractivity contribution in [3.63, 3.8) is 0 Å². The van der Waals surface area contributed by atoms with Crippen LogP contribution in [0.3, 0.4) is 0 Å². The fourth-order valence-electron chi connectivity index (χ4n) is 4.50. The van der Waals surface area contributed by atoms with Gasteiger partial charge in [0.15, 0.2) is 11.5 Å². The Balaban J connectivity index is 1.35. The summed E-state index contributed by atoms with van der Waals surface area (Å²) in [6.45, 7) is 4.48. The first-order valence-electron chi connectivity index (χ1n) is 11.2. The lowest BCUT2D eigenvalue weighted by molar-refractivity contribution is -0.121. The Kier molecular flexibility index (Phi) is 5.57. The third kappa shape index (κ3) is 3.81. The molecule has 2 aromatic carbocycles. The third-order valence-electron chi connectivity index (χ3n) is 6.27. The van der Waals surface area contributed by atoms with E-state index < -0.39 is 0 Å². The summed E-state index contributed by atoms with van der Waals surface area (Å²) in [6, 6.07) is 15.4. The van der Waals surface area contributed by atoms with Crippen LogP contribution in [-0.4, -0.2) is 27.0 Å². The second-order valence-electron chi connectivity index (χ2n) is 8.46. The summed E-state index contributed by atoms with van der Waals surface area (Å²) in [5.41, 5.74) is 4.83. The van der Waals surface area contributed by atoms with Crippen LogP contribution in [0.15, 0.2) is 53.3 Å². The Bertz CT molecular complexity index is 1450. The Morgan fingerprint density at radius 2 is 1.85 bits per heavy atom. The Hall–Kier alpha value is -4.07. The van der Waals surface area contributed by atoms with Gasteiger partial charge in [0.1, 0.15) is 5.65 Å². The Labute approximate surface area is 196 Å². The number of ether oxygens (including phenoxy) is 2. The molecule has 3 heterocycles. The minimum absolute atomic E-state index is 0.106. The van der Waals surface area contributed by atoms with Crippen LogP contribution in [0, 0.1) is 13.8 Å².